The van der Waals surface area contributed by atoms with Crippen LogP contribution in [0.4, 0.5) is 0 Å². The monoisotopic (exact) mass is 355 g/mol. The SMILES string of the molecule is CCOc1ccc(/C=N\n2c(-c3ccncc3)n[nH]c2=S)cc1OC. The molecule has 3 aromatic rings. The van der Waals surface area contributed by atoms with E-state index >= 15 is 0 Å². The van der Waals surface area contributed by atoms with Crippen molar-refractivity contribution in [2.24, 2.45) is 5.10 Å². The Morgan fingerprint density at radius 2 is 2.04 bits per heavy atom. The standard InChI is InChI=1S/C17H17N5O2S/c1-3-24-14-5-4-12(10-15(14)23-2)11-19-22-16(20-21-17(22)25)13-6-8-18-9-7-13/h4-11H,3H2,1-2H3,(H,21,25)/b19-11-. The van der Waals surface area contributed by atoms with E-state index in [1.165, 1.54) is 0 Å². The molecule has 3 rings (SSSR count). The quantitative estimate of drug-likeness (QED) is 0.542. The zero-order chi connectivity index (χ0) is 17.6. The molecule has 0 saturated carbocycles. The lowest BCUT2D eigenvalue weighted by molar-refractivity contribution is 0.311. The summed E-state index contributed by atoms with van der Waals surface area (Å²) in [6.45, 7) is 2.50. The largest absolute Gasteiger partial charge is 0.493 e. The van der Waals surface area contributed by atoms with Crippen LogP contribution in [0.25, 0.3) is 11.4 Å². The lowest BCUT2D eigenvalue weighted by Gasteiger charge is -2.09. The molecule has 2 heterocycles. The molecule has 128 valence electrons. The molecule has 0 bridgehead atoms. The van der Waals surface area contributed by atoms with Gasteiger partial charge in [0.15, 0.2) is 17.3 Å². The third-order valence-corrected chi connectivity index (χ3v) is 3.66. The average molecular weight is 355 g/mol. The van der Waals surface area contributed by atoms with E-state index in [0.717, 1.165) is 11.1 Å². The lowest BCUT2D eigenvalue weighted by Crippen LogP contribution is -1.97. The first-order valence-electron chi connectivity index (χ1n) is 7.66. The average Bonchev–Trinajstić information content (AvgIpc) is 3.02. The fraction of sp³-hybridized carbons (Fsp3) is 0.176. The van der Waals surface area contributed by atoms with Gasteiger partial charge in [-0.15, -0.1) is 0 Å². The highest BCUT2D eigenvalue weighted by atomic mass is 32.1. The number of ether oxygens (including phenoxy) is 2. The summed E-state index contributed by atoms with van der Waals surface area (Å²) in [7, 11) is 1.60. The Labute approximate surface area is 150 Å². The normalized spacial score (nSPS) is 11.0. The number of aromatic amines is 1. The van der Waals surface area contributed by atoms with E-state index in [-0.39, 0.29) is 0 Å². The molecule has 0 unspecified atom stereocenters. The van der Waals surface area contributed by atoms with Crippen molar-refractivity contribution in [3.63, 3.8) is 0 Å². The molecule has 0 aliphatic heterocycles. The Balaban J connectivity index is 1.93. The summed E-state index contributed by atoms with van der Waals surface area (Å²) in [5.74, 6) is 1.96. The maximum atomic E-state index is 5.52. The zero-order valence-corrected chi connectivity index (χ0v) is 14.7. The van der Waals surface area contributed by atoms with E-state index in [4.69, 9.17) is 21.7 Å². The van der Waals surface area contributed by atoms with Crippen molar-refractivity contribution in [2.45, 2.75) is 6.92 Å². The molecule has 0 atom stereocenters. The Morgan fingerprint density at radius 1 is 1.24 bits per heavy atom. The van der Waals surface area contributed by atoms with E-state index in [0.29, 0.717) is 28.7 Å². The maximum absolute atomic E-state index is 5.52. The maximum Gasteiger partial charge on any atom is 0.216 e. The van der Waals surface area contributed by atoms with Gasteiger partial charge in [-0.05, 0) is 55.0 Å². The molecule has 0 aliphatic rings. The van der Waals surface area contributed by atoms with E-state index in [1.807, 2.05) is 37.3 Å². The number of H-pyrrole nitrogens is 1. The lowest BCUT2D eigenvalue weighted by atomic mass is 10.2. The number of benzene rings is 1. The van der Waals surface area contributed by atoms with Gasteiger partial charge in [0.25, 0.3) is 0 Å². The molecule has 0 spiro atoms. The summed E-state index contributed by atoms with van der Waals surface area (Å²) in [6, 6.07) is 9.28. The summed E-state index contributed by atoms with van der Waals surface area (Å²) in [5, 5.41) is 11.4. The number of nitrogens with zero attached hydrogens (tertiary/aromatic N) is 4. The fourth-order valence-electron chi connectivity index (χ4n) is 2.25. The summed E-state index contributed by atoms with van der Waals surface area (Å²) in [4.78, 5) is 4.01. The van der Waals surface area contributed by atoms with Crippen LogP contribution in [0.15, 0.2) is 47.8 Å². The third-order valence-electron chi connectivity index (χ3n) is 3.40. The van der Waals surface area contributed by atoms with E-state index < -0.39 is 0 Å². The minimum absolute atomic E-state index is 0.404. The molecule has 1 aromatic carbocycles. The van der Waals surface area contributed by atoms with Crippen molar-refractivity contribution < 1.29 is 9.47 Å². The van der Waals surface area contributed by atoms with Crippen molar-refractivity contribution in [1.29, 1.82) is 0 Å². The second kappa shape index (κ2) is 7.71. The number of nitrogens with one attached hydrogen (secondary N) is 1. The van der Waals surface area contributed by atoms with Crippen LogP contribution in [0.5, 0.6) is 11.5 Å². The van der Waals surface area contributed by atoms with Crippen LogP contribution in [-0.4, -0.2) is 39.8 Å². The predicted octanol–water partition coefficient (Wildman–Crippen LogP) is 3.29. The van der Waals surface area contributed by atoms with Crippen molar-refractivity contribution >= 4 is 18.4 Å². The van der Waals surface area contributed by atoms with Crippen molar-refractivity contribution in [3.05, 3.63) is 53.1 Å². The van der Waals surface area contributed by atoms with Crippen molar-refractivity contribution in [3.8, 4) is 22.9 Å². The Bertz CT molecular complexity index is 934. The van der Waals surface area contributed by atoms with Gasteiger partial charge < -0.3 is 9.47 Å². The van der Waals surface area contributed by atoms with E-state index in [2.05, 4.69) is 20.3 Å². The Kier molecular flexibility index (Phi) is 5.20. The first kappa shape index (κ1) is 16.8. The summed E-state index contributed by atoms with van der Waals surface area (Å²) in [6.07, 6.45) is 5.07. The van der Waals surface area contributed by atoms with Gasteiger partial charge in [0, 0.05) is 18.0 Å². The molecule has 0 aliphatic carbocycles. The Morgan fingerprint density at radius 3 is 2.76 bits per heavy atom. The molecular weight excluding hydrogens is 338 g/mol. The third kappa shape index (κ3) is 3.74. The number of methoxy groups -OCH3 is 1. The molecule has 0 radical (unpaired) electrons. The Hall–Kier alpha value is -3.00. The first-order chi connectivity index (χ1) is 12.2. The molecule has 2 aromatic heterocycles. The number of hydrogen-bond acceptors (Lipinski definition) is 6. The highest BCUT2D eigenvalue weighted by Gasteiger charge is 2.08. The minimum Gasteiger partial charge on any atom is -0.493 e. The summed E-state index contributed by atoms with van der Waals surface area (Å²) < 4.78 is 12.8. The topological polar surface area (TPSA) is 77.3 Å². The van der Waals surface area contributed by atoms with Crippen LogP contribution in [0.1, 0.15) is 12.5 Å². The molecule has 0 fully saturated rings. The number of aromatic nitrogens is 4. The van der Waals surface area contributed by atoms with Gasteiger partial charge >= 0.3 is 0 Å². The highest BCUT2D eigenvalue weighted by molar-refractivity contribution is 7.71. The second-order valence-corrected chi connectivity index (χ2v) is 5.37. The van der Waals surface area contributed by atoms with Gasteiger partial charge in [0.05, 0.1) is 19.9 Å². The van der Waals surface area contributed by atoms with Crippen LogP contribution in [-0.2, 0) is 0 Å². The van der Waals surface area contributed by atoms with Crippen molar-refractivity contribution in [1.82, 2.24) is 19.9 Å². The van der Waals surface area contributed by atoms with Gasteiger partial charge in [-0.1, -0.05) is 0 Å². The van der Waals surface area contributed by atoms with Crippen LogP contribution >= 0.6 is 12.2 Å². The molecular formula is C17H17N5O2S. The number of pyridine rings is 1. The highest BCUT2D eigenvalue weighted by Crippen LogP contribution is 2.27. The molecule has 8 heteroatoms. The van der Waals surface area contributed by atoms with E-state index in [9.17, 15) is 0 Å². The summed E-state index contributed by atoms with van der Waals surface area (Å²) in [5.41, 5.74) is 1.72. The fourth-order valence-corrected chi connectivity index (χ4v) is 2.43. The van der Waals surface area contributed by atoms with Crippen LogP contribution in [0.2, 0.25) is 0 Å². The van der Waals surface area contributed by atoms with Gasteiger partial charge in [0.1, 0.15) is 0 Å². The van der Waals surface area contributed by atoms with Crippen LogP contribution in [0, 0.1) is 4.77 Å². The van der Waals surface area contributed by atoms with Crippen molar-refractivity contribution in [2.75, 3.05) is 13.7 Å². The number of hydrogen-bond donors (Lipinski definition) is 1. The van der Waals surface area contributed by atoms with Gasteiger partial charge in [0.2, 0.25) is 4.77 Å². The zero-order valence-electron chi connectivity index (χ0n) is 13.8. The predicted molar refractivity (Wildman–Crippen MR) is 97.8 cm³/mol. The molecule has 7 nitrogen and oxygen atoms in total. The van der Waals surface area contributed by atoms with Gasteiger partial charge in [-0.3, -0.25) is 4.98 Å². The molecule has 0 amide bonds. The molecule has 0 saturated heterocycles. The van der Waals surface area contributed by atoms with Gasteiger partial charge in [-0.25, -0.2) is 5.10 Å². The molecule has 1 N–H and O–H groups in total. The second-order valence-electron chi connectivity index (χ2n) is 4.99. The van der Waals surface area contributed by atoms with Gasteiger partial charge in [-0.2, -0.15) is 14.9 Å². The smallest absolute Gasteiger partial charge is 0.216 e. The van der Waals surface area contributed by atoms with Crippen LogP contribution < -0.4 is 9.47 Å². The first-order valence-corrected chi connectivity index (χ1v) is 8.06. The van der Waals surface area contributed by atoms with E-state index in [1.54, 1.807) is 30.4 Å². The molecule has 25 heavy (non-hydrogen) atoms. The number of rotatable bonds is 6. The van der Waals surface area contributed by atoms with Crippen LogP contribution in [0.3, 0.4) is 0 Å². The minimum atomic E-state index is 0.404. The summed E-state index contributed by atoms with van der Waals surface area (Å²) >= 11 is 5.26.